The van der Waals surface area contributed by atoms with Crippen molar-refractivity contribution in [2.75, 3.05) is 6.54 Å². The topological polar surface area (TPSA) is 90.3 Å². The predicted octanol–water partition coefficient (Wildman–Crippen LogP) is 3.31. The van der Waals surface area contributed by atoms with Crippen LogP contribution < -0.4 is 5.76 Å². The third-order valence-electron chi connectivity index (χ3n) is 5.39. The molecule has 0 radical (unpaired) electrons. The van der Waals surface area contributed by atoms with Crippen molar-refractivity contribution >= 4 is 32.7 Å². The Morgan fingerprint density at radius 1 is 1.28 bits per heavy atom. The second-order valence-corrected chi connectivity index (χ2v) is 9.56. The minimum Gasteiger partial charge on any atom is -0.408 e. The van der Waals surface area contributed by atoms with E-state index in [1.807, 2.05) is 6.92 Å². The van der Waals surface area contributed by atoms with Gasteiger partial charge in [0.25, 0.3) is 0 Å². The van der Waals surface area contributed by atoms with Crippen LogP contribution in [0.3, 0.4) is 0 Å². The third-order valence-corrected chi connectivity index (χ3v) is 7.59. The van der Waals surface area contributed by atoms with Gasteiger partial charge in [-0.2, -0.15) is 9.40 Å². The summed E-state index contributed by atoms with van der Waals surface area (Å²) in [4.78, 5) is 12.1. The van der Waals surface area contributed by atoms with E-state index in [-0.39, 0.29) is 10.5 Å². The lowest BCUT2D eigenvalue weighted by Gasteiger charge is -2.28. The highest BCUT2D eigenvalue weighted by Gasteiger charge is 2.36. The summed E-state index contributed by atoms with van der Waals surface area (Å²) < 4.78 is 37.0. The number of hydrogen-bond acceptors (Lipinski definition) is 5. The quantitative estimate of drug-likeness (QED) is 0.623. The minimum atomic E-state index is -3.84. The number of benzene rings is 1. The molecule has 1 fully saturated rings. The summed E-state index contributed by atoms with van der Waals surface area (Å²) >= 11 is 6.35. The zero-order valence-electron chi connectivity index (χ0n) is 16.3. The summed E-state index contributed by atoms with van der Waals surface area (Å²) in [5.41, 5.74) is 1.42. The zero-order chi connectivity index (χ0) is 20.8. The summed E-state index contributed by atoms with van der Waals surface area (Å²) in [6.45, 7) is 2.67. The van der Waals surface area contributed by atoms with E-state index in [0.29, 0.717) is 35.7 Å². The van der Waals surface area contributed by atoms with Crippen LogP contribution in [0.2, 0.25) is 5.02 Å². The van der Waals surface area contributed by atoms with Gasteiger partial charge in [-0.3, -0.25) is 9.25 Å². The first-order valence-corrected chi connectivity index (χ1v) is 11.5. The highest BCUT2D eigenvalue weighted by Crippen LogP contribution is 2.37. The second kappa shape index (κ2) is 7.62. The Morgan fingerprint density at radius 3 is 2.76 bits per heavy atom. The van der Waals surface area contributed by atoms with E-state index >= 15 is 0 Å². The molecule has 3 aromatic rings. The molecule has 1 aliphatic heterocycles. The zero-order valence-corrected chi connectivity index (χ0v) is 17.9. The van der Waals surface area contributed by atoms with Crippen LogP contribution in [0.1, 0.15) is 44.3 Å². The van der Waals surface area contributed by atoms with Crippen LogP contribution in [0.25, 0.3) is 11.1 Å². The summed E-state index contributed by atoms with van der Waals surface area (Å²) in [7, 11) is -2.07. The molecule has 3 heterocycles. The molecule has 10 heteroatoms. The van der Waals surface area contributed by atoms with Crippen LogP contribution in [0.4, 0.5) is 0 Å². The first kappa shape index (κ1) is 20.2. The predicted molar refractivity (Wildman–Crippen MR) is 109 cm³/mol. The Hall–Kier alpha value is -2.10. The number of halogens is 1. The molecular weight excluding hydrogens is 416 g/mol. The number of oxazole rings is 1. The molecule has 0 spiro atoms. The maximum Gasteiger partial charge on any atom is 0.419 e. The van der Waals surface area contributed by atoms with Crippen molar-refractivity contribution < 1.29 is 12.8 Å². The number of nitrogens with zero attached hydrogens (tertiary/aromatic N) is 4. The van der Waals surface area contributed by atoms with Gasteiger partial charge in [-0.1, -0.05) is 24.4 Å². The van der Waals surface area contributed by atoms with Gasteiger partial charge in [0, 0.05) is 32.4 Å². The van der Waals surface area contributed by atoms with Gasteiger partial charge in [-0.15, -0.1) is 0 Å². The smallest absolute Gasteiger partial charge is 0.408 e. The maximum absolute atomic E-state index is 13.6. The molecular formula is C19H23ClN4O4S. The molecule has 0 aliphatic carbocycles. The molecule has 1 aliphatic rings. The molecule has 1 saturated heterocycles. The minimum absolute atomic E-state index is 0.0981. The van der Waals surface area contributed by atoms with Crippen LogP contribution in [0.5, 0.6) is 0 Å². The second-order valence-electron chi connectivity index (χ2n) is 7.26. The lowest BCUT2D eigenvalue weighted by molar-refractivity contribution is 0.321. The van der Waals surface area contributed by atoms with Crippen molar-refractivity contribution in [3.8, 4) is 0 Å². The molecule has 0 unspecified atom stereocenters. The van der Waals surface area contributed by atoms with Gasteiger partial charge in [0.1, 0.15) is 0 Å². The normalized spacial score (nSPS) is 18.9. The average molecular weight is 439 g/mol. The van der Waals surface area contributed by atoms with E-state index < -0.39 is 21.8 Å². The first-order chi connectivity index (χ1) is 13.8. The fourth-order valence-electron chi connectivity index (χ4n) is 3.99. The lowest BCUT2D eigenvalue weighted by Crippen LogP contribution is -2.35. The molecule has 0 N–H and O–H groups in total. The largest absolute Gasteiger partial charge is 0.419 e. The van der Waals surface area contributed by atoms with Crippen molar-refractivity contribution in [3.05, 3.63) is 45.7 Å². The summed E-state index contributed by atoms with van der Waals surface area (Å²) in [5.74, 6) is -0.495. The molecule has 0 bridgehead atoms. The average Bonchev–Trinajstić information content (AvgIpc) is 3.05. The van der Waals surface area contributed by atoms with Crippen LogP contribution in [0.15, 0.2) is 38.5 Å². The molecule has 0 saturated carbocycles. The standard InChI is InChI=1S/C19H23ClN4O4S/c1-3-23-15-9-8-13(11-17(15)28-19(23)25)29(26,27)24-10-6-4-5-7-16(24)18-14(20)12-22(2)21-18/h8-9,11-12,16H,3-7,10H2,1-2H3/t16-/m1/s1. The summed E-state index contributed by atoms with van der Waals surface area (Å²) in [6.07, 6.45) is 4.95. The van der Waals surface area contributed by atoms with Gasteiger partial charge in [0.15, 0.2) is 5.58 Å². The fraction of sp³-hybridized carbons (Fsp3) is 0.474. The van der Waals surface area contributed by atoms with Crippen LogP contribution in [-0.2, 0) is 23.6 Å². The molecule has 4 rings (SSSR count). The Kier molecular flexibility index (Phi) is 5.30. The molecule has 2 aromatic heterocycles. The number of aryl methyl sites for hydroxylation is 2. The van der Waals surface area contributed by atoms with Crippen LogP contribution >= 0.6 is 11.6 Å². The third kappa shape index (κ3) is 3.51. The highest BCUT2D eigenvalue weighted by molar-refractivity contribution is 7.89. The molecule has 156 valence electrons. The van der Waals surface area contributed by atoms with Gasteiger partial charge in [0.2, 0.25) is 10.0 Å². The fourth-order valence-corrected chi connectivity index (χ4v) is 5.97. The van der Waals surface area contributed by atoms with Gasteiger partial charge in [-0.05, 0) is 31.9 Å². The molecule has 0 amide bonds. The number of sulfonamides is 1. The van der Waals surface area contributed by atoms with E-state index in [0.717, 1.165) is 19.3 Å². The van der Waals surface area contributed by atoms with Crippen molar-refractivity contribution in [1.29, 1.82) is 0 Å². The monoisotopic (exact) mass is 438 g/mol. The van der Waals surface area contributed by atoms with Crippen LogP contribution in [0, 0.1) is 0 Å². The molecule has 8 nitrogen and oxygen atoms in total. The number of aromatic nitrogens is 3. The molecule has 29 heavy (non-hydrogen) atoms. The van der Waals surface area contributed by atoms with Crippen molar-refractivity contribution in [3.63, 3.8) is 0 Å². The van der Waals surface area contributed by atoms with Gasteiger partial charge >= 0.3 is 5.76 Å². The first-order valence-electron chi connectivity index (χ1n) is 9.67. The Labute approximate surface area is 173 Å². The van der Waals surface area contributed by atoms with E-state index in [9.17, 15) is 13.2 Å². The van der Waals surface area contributed by atoms with E-state index in [2.05, 4.69) is 5.10 Å². The summed E-state index contributed by atoms with van der Waals surface area (Å²) in [5, 5.41) is 4.88. The number of hydrogen-bond donors (Lipinski definition) is 0. The van der Waals surface area contributed by atoms with E-state index in [4.69, 9.17) is 16.0 Å². The highest BCUT2D eigenvalue weighted by atomic mass is 35.5. The SMILES string of the molecule is CCn1c(=O)oc2cc(S(=O)(=O)N3CCCCC[C@@H]3c3nn(C)cc3Cl)ccc21. The van der Waals surface area contributed by atoms with Crippen molar-refractivity contribution in [2.24, 2.45) is 7.05 Å². The van der Waals surface area contributed by atoms with Crippen LogP contribution in [-0.4, -0.2) is 33.6 Å². The number of rotatable bonds is 4. The van der Waals surface area contributed by atoms with Gasteiger partial charge < -0.3 is 4.42 Å². The van der Waals surface area contributed by atoms with Gasteiger partial charge in [0.05, 0.1) is 27.2 Å². The van der Waals surface area contributed by atoms with E-state index in [1.54, 1.807) is 24.0 Å². The summed E-state index contributed by atoms with van der Waals surface area (Å²) in [6, 6.07) is 4.15. The van der Waals surface area contributed by atoms with Crippen molar-refractivity contribution in [1.82, 2.24) is 18.7 Å². The Morgan fingerprint density at radius 2 is 2.07 bits per heavy atom. The Balaban J connectivity index is 1.80. The lowest BCUT2D eigenvalue weighted by atomic mass is 10.1. The van der Waals surface area contributed by atoms with E-state index in [1.165, 1.54) is 21.0 Å². The molecule has 1 atom stereocenters. The van der Waals surface area contributed by atoms with Crippen molar-refractivity contribution in [2.45, 2.75) is 50.1 Å². The maximum atomic E-state index is 13.6. The number of fused-ring (bicyclic) bond motifs is 1. The van der Waals surface area contributed by atoms with Gasteiger partial charge in [-0.25, -0.2) is 13.2 Å². The Bertz CT molecular complexity index is 1210. The molecule has 1 aromatic carbocycles.